The predicted octanol–water partition coefficient (Wildman–Crippen LogP) is 3.85. The summed E-state index contributed by atoms with van der Waals surface area (Å²) in [6.45, 7) is 5.41. The van der Waals surface area contributed by atoms with Crippen molar-refractivity contribution in [2.45, 2.75) is 26.3 Å². The molecular weight excluding hydrogens is 246 g/mol. The first-order valence-corrected chi connectivity index (χ1v) is 7.32. The molecule has 0 spiro atoms. The average molecular weight is 269 g/mol. The third-order valence-electron chi connectivity index (χ3n) is 3.57. The van der Waals surface area contributed by atoms with E-state index >= 15 is 0 Å². The Bertz CT molecular complexity index is 493. The maximum absolute atomic E-state index is 9.26. The number of benzene rings is 2. The van der Waals surface area contributed by atoms with Crippen molar-refractivity contribution in [1.82, 2.24) is 4.90 Å². The fraction of sp³-hybridized carbons (Fsp3) is 0.333. The van der Waals surface area contributed by atoms with Crippen LogP contribution in [-0.2, 0) is 13.0 Å². The van der Waals surface area contributed by atoms with Crippen LogP contribution in [-0.4, -0.2) is 23.1 Å². The van der Waals surface area contributed by atoms with Crippen molar-refractivity contribution in [2.24, 2.45) is 0 Å². The van der Waals surface area contributed by atoms with Crippen molar-refractivity contribution in [3.05, 3.63) is 65.7 Å². The molecule has 0 aliphatic heterocycles. The fourth-order valence-electron chi connectivity index (χ4n) is 2.36. The highest BCUT2D eigenvalue weighted by Crippen LogP contribution is 2.12. The second-order valence-electron chi connectivity index (χ2n) is 5.12. The van der Waals surface area contributed by atoms with E-state index in [0.29, 0.717) is 5.75 Å². The minimum absolute atomic E-state index is 0.341. The molecule has 2 nitrogen and oxygen atoms in total. The largest absolute Gasteiger partial charge is 0.508 e. The second kappa shape index (κ2) is 7.71. The molecule has 0 saturated heterocycles. The summed E-state index contributed by atoms with van der Waals surface area (Å²) in [6.07, 6.45) is 2.21. The minimum Gasteiger partial charge on any atom is -0.508 e. The molecular formula is C18H23NO. The minimum atomic E-state index is 0.341. The van der Waals surface area contributed by atoms with Crippen LogP contribution in [0.5, 0.6) is 5.75 Å². The van der Waals surface area contributed by atoms with Gasteiger partial charge in [0.1, 0.15) is 5.75 Å². The Hall–Kier alpha value is -1.80. The van der Waals surface area contributed by atoms with E-state index in [4.69, 9.17) is 0 Å². The number of hydrogen-bond donors (Lipinski definition) is 1. The summed E-state index contributed by atoms with van der Waals surface area (Å²) in [7, 11) is 0. The van der Waals surface area contributed by atoms with Gasteiger partial charge >= 0.3 is 0 Å². The molecule has 2 aromatic rings. The molecule has 2 aromatic carbocycles. The van der Waals surface area contributed by atoms with Crippen LogP contribution in [0.2, 0.25) is 0 Å². The van der Waals surface area contributed by atoms with E-state index in [9.17, 15) is 5.11 Å². The first-order valence-electron chi connectivity index (χ1n) is 7.32. The highest BCUT2D eigenvalue weighted by Gasteiger charge is 2.03. The Morgan fingerprint density at radius 1 is 0.900 bits per heavy atom. The maximum atomic E-state index is 9.26. The lowest BCUT2D eigenvalue weighted by molar-refractivity contribution is 0.276. The van der Waals surface area contributed by atoms with Gasteiger partial charge in [-0.05, 0) is 49.2 Å². The number of nitrogens with zero attached hydrogens (tertiary/aromatic N) is 1. The van der Waals surface area contributed by atoms with Crippen molar-refractivity contribution in [3.8, 4) is 5.75 Å². The van der Waals surface area contributed by atoms with Gasteiger partial charge in [-0.3, -0.25) is 4.90 Å². The van der Waals surface area contributed by atoms with Crippen LogP contribution in [0.1, 0.15) is 24.5 Å². The molecule has 0 radical (unpaired) electrons. The lowest BCUT2D eigenvalue weighted by Gasteiger charge is -2.20. The van der Waals surface area contributed by atoms with Crippen molar-refractivity contribution in [1.29, 1.82) is 0 Å². The fourth-order valence-corrected chi connectivity index (χ4v) is 2.36. The Labute approximate surface area is 121 Å². The third kappa shape index (κ3) is 4.71. The summed E-state index contributed by atoms with van der Waals surface area (Å²) >= 11 is 0. The summed E-state index contributed by atoms with van der Waals surface area (Å²) in [5.41, 5.74) is 2.66. The lowest BCUT2D eigenvalue weighted by atomic mass is 10.1. The van der Waals surface area contributed by atoms with Crippen molar-refractivity contribution < 1.29 is 5.11 Å². The van der Waals surface area contributed by atoms with Gasteiger partial charge in [0.2, 0.25) is 0 Å². The molecule has 0 aliphatic carbocycles. The third-order valence-corrected chi connectivity index (χ3v) is 3.57. The topological polar surface area (TPSA) is 23.5 Å². The van der Waals surface area contributed by atoms with Gasteiger partial charge in [0.15, 0.2) is 0 Å². The summed E-state index contributed by atoms with van der Waals surface area (Å²) in [5, 5.41) is 9.26. The van der Waals surface area contributed by atoms with Crippen LogP contribution < -0.4 is 0 Å². The molecule has 0 aliphatic rings. The van der Waals surface area contributed by atoms with Gasteiger partial charge in [-0.1, -0.05) is 49.4 Å². The normalized spacial score (nSPS) is 10.9. The van der Waals surface area contributed by atoms with E-state index in [1.54, 1.807) is 12.1 Å². The number of aryl methyl sites for hydroxylation is 1. The summed E-state index contributed by atoms with van der Waals surface area (Å²) in [5.74, 6) is 0.341. The Morgan fingerprint density at radius 3 is 2.25 bits per heavy atom. The van der Waals surface area contributed by atoms with Crippen molar-refractivity contribution in [3.63, 3.8) is 0 Å². The summed E-state index contributed by atoms with van der Waals surface area (Å²) in [6, 6.07) is 18.1. The molecule has 0 atom stereocenters. The van der Waals surface area contributed by atoms with Crippen LogP contribution in [0.25, 0.3) is 0 Å². The zero-order valence-electron chi connectivity index (χ0n) is 12.1. The molecule has 106 valence electrons. The quantitative estimate of drug-likeness (QED) is 0.825. The van der Waals surface area contributed by atoms with Gasteiger partial charge in [-0.15, -0.1) is 0 Å². The maximum Gasteiger partial charge on any atom is 0.115 e. The first-order chi connectivity index (χ1) is 9.78. The van der Waals surface area contributed by atoms with Gasteiger partial charge in [0.05, 0.1) is 0 Å². The monoisotopic (exact) mass is 269 g/mol. The van der Waals surface area contributed by atoms with Crippen LogP contribution in [0, 0.1) is 0 Å². The van der Waals surface area contributed by atoms with E-state index in [2.05, 4.69) is 42.2 Å². The number of rotatable bonds is 7. The molecule has 1 N–H and O–H groups in total. The molecule has 0 bridgehead atoms. The van der Waals surface area contributed by atoms with Crippen LogP contribution >= 0.6 is 0 Å². The van der Waals surface area contributed by atoms with Crippen molar-refractivity contribution in [2.75, 3.05) is 13.1 Å². The molecule has 2 rings (SSSR count). The van der Waals surface area contributed by atoms with Crippen LogP contribution in [0.15, 0.2) is 54.6 Å². The second-order valence-corrected chi connectivity index (χ2v) is 5.12. The number of phenolic OH excluding ortho intramolecular Hbond substituents is 1. The van der Waals surface area contributed by atoms with Gasteiger partial charge < -0.3 is 5.11 Å². The van der Waals surface area contributed by atoms with Gasteiger partial charge in [-0.25, -0.2) is 0 Å². The summed E-state index contributed by atoms with van der Waals surface area (Å²) < 4.78 is 0. The molecule has 0 unspecified atom stereocenters. The zero-order valence-corrected chi connectivity index (χ0v) is 12.1. The van der Waals surface area contributed by atoms with E-state index < -0.39 is 0 Å². The van der Waals surface area contributed by atoms with Gasteiger partial charge in [0, 0.05) is 6.54 Å². The standard InChI is InChI=1S/C18H23NO/c1-2-19(15-17-7-4-3-5-8-17)14-6-9-16-10-12-18(20)13-11-16/h3-5,7-8,10-13,20H,2,6,9,14-15H2,1H3. The Morgan fingerprint density at radius 2 is 1.60 bits per heavy atom. The van der Waals surface area contributed by atoms with E-state index in [1.165, 1.54) is 11.1 Å². The zero-order chi connectivity index (χ0) is 14.2. The highest BCUT2D eigenvalue weighted by atomic mass is 16.3. The van der Waals surface area contributed by atoms with Gasteiger partial charge in [-0.2, -0.15) is 0 Å². The van der Waals surface area contributed by atoms with Gasteiger partial charge in [0.25, 0.3) is 0 Å². The Balaban J connectivity index is 1.78. The van der Waals surface area contributed by atoms with E-state index in [1.807, 2.05) is 12.1 Å². The highest BCUT2D eigenvalue weighted by molar-refractivity contribution is 5.25. The molecule has 20 heavy (non-hydrogen) atoms. The number of phenols is 1. The molecule has 0 aromatic heterocycles. The SMILES string of the molecule is CCN(CCCc1ccc(O)cc1)Cc1ccccc1. The van der Waals surface area contributed by atoms with E-state index in [0.717, 1.165) is 32.5 Å². The molecule has 0 heterocycles. The molecule has 0 fully saturated rings. The van der Waals surface area contributed by atoms with E-state index in [-0.39, 0.29) is 0 Å². The number of aromatic hydroxyl groups is 1. The molecule has 0 amide bonds. The molecule has 2 heteroatoms. The molecule has 0 saturated carbocycles. The first kappa shape index (κ1) is 14.6. The Kier molecular flexibility index (Phi) is 5.63. The average Bonchev–Trinajstić information content (AvgIpc) is 2.49. The number of hydrogen-bond acceptors (Lipinski definition) is 2. The summed E-state index contributed by atoms with van der Waals surface area (Å²) in [4.78, 5) is 2.47. The van der Waals surface area contributed by atoms with Crippen LogP contribution in [0.3, 0.4) is 0 Å². The van der Waals surface area contributed by atoms with Crippen LogP contribution in [0.4, 0.5) is 0 Å². The predicted molar refractivity (Wildman–Crippen MR) is 83.8 cm³/mol. The lowest BCUT2D eigenvalue weighted by Crippen LogP contribution is -2.24. The van der Waals surface area contributed by atoms with Crippen molar-refractivity contribution >= 4 is 0 Å². The smallest absolute Gasteiger partial charge is 0.115 e.